The highest BCUT2D eigenvalue weighted by Crippen LogP contribution is 2.20. The van der Waals surface area contributed by atoms with Crippen LogP contribution in [-0.4, -0.2) is 16.5 Å². The molecule has 0 saturated heterocycles. The Morgan fingerprint density at radius 2 is 1.68 bits per heavy atom. The summed E-state index contributed by atoms with van der Waals surface area (Å²) in [7, 11) is 0. The van der Waals surface area contributed by atoms with E-state index in [-0.39, 0.29) is 0 Å². The number of imidazole rings is 1. The normalized spacial score (nSPS) is 10.8. The van der Waals surface area contributed by atoms with Crippen molar-refractivity contribution in [2.75, 3.05) is 11.9 Å². The molecule has 3 nitrogen and oxygen atoms in total. The molecule has 0 atom stereocenters. The average molecular weight is 320 g/mol. The first-order valence-electron chi connectivity index (χ1n) is 8.34. The summed E-state index contributed by atoms with van der Waals surface area (Å²) < 4.78 is 0. The Morgan fingerprint density at radius 1 is 1.00 bits per heavy atom. The minimum absolute atomic E-state index is 0.751. The molecule has 0 aliphatic carbocycles. The molecule has 0 unspecified atom stereocenters. The minimum atomic E-state index is 0.751. The SMILES string of the molecule is CCCCCCCCCNc1ncc(-c2ccc(Cl)cc2)[nH]1. The Morgan fingerprint density at radius 3 is 2.41 bits per heavy atom. The smallest absolute Gasteiger partial charge is 0.200 e. The van der Waals surface area contributed by atoms with Gasteiger partial charge in [-0.15, -0.1) is 0 Å². The molecule has 0 spiro atoms. The van der Waals surface area contributed by atoms with Gasteiger partial charge in [-0.2, -0.15) is 0 Å². The van der Waals surface area contributed by atoms with Gasteiger partial charge >= 0.3 is 0 Å². The molecule has 0 aliphatic rings. The van der Waals surface area contributed by atoms with Crippen molar-refractivity contribution in [3.05, 3.63) is 35.5 Å². The Labute approximate surface area is 138 Å². The van der Waals surface area contributed by atoms with E-state index < -0.39 is 0 Å². The molecule has 1 aromatic heterocycles. The van der Waals surface area contributed by atoms with Gasteiger partial charge in [-0.25, -0.2) is 4.98 Å². The van der Waals surface area contributed by atoms with E-state index in [4.69, 9.17) is 11.6 Å². The summed E-state index contributed by atoms with van der Waals surface area (Å²) in [5, 5.41) is 4.11. The van der Waals surface area contributed by atoms with Gasteiger partial charge in [-0.3, -0.25) is 0 Å². The number of aromatic nitrogens is 2. The van der Waals surface area contributed by atoms with Gasteiger partial charge in [0.15, 0.2) is 0 Å². The Bertz CT molecular complexity index is 534. The predicted octanol–water partition coefficient (Wildman–Crippen LogP) is 5.89. The maximum atomic E-state index is 5.90. The third kappa shape index (κ3) is 5.72. The van der Waals surface area contributed by atoms with Gasteiger partial charge in [0.2, 0.25) is 5.95 Å². The average Bonchev–Trinajstić information content (AvgIpc) is 2.99. The summed E-state index contributed by atoms with van der Waals surface area (Å²) in [6, 6.07) is 7.78. The van der Waals surface area contributed by atoms with Gasteiger partial charge in [0.1, 0.15) is 0 Å². The van der Waals surface area contributed by atoms with Crippen LogP contribution in [0.5, 0.6) is 0 Å². The monoisotopic (exact) mass is 319 g/mol. The van der Waals surface area contributed by atoms with Gasteiger partial charge in [0.05, 0.1) is 11.9 Å². The molecule has 4 heteroatoms. The van der Waals surface area contributed by atoms with E-state index in [1.165, 1.54) is 44.9 Å². The zero-order valence-electron chi connectivity index (χ0n) is 13.4. The Hall–Kier alpha value is -1.48. The molecule has 0 amide bonds. The lowest BCUT2D eigenvalue weighted by Crippen LogP contribution is -2.02. The first kappa shape index (κ1) is 16.9. The van der Waals surface area contributed by atoms with Gasteiger partial charge < -0.3 is 10.3 Å². The zero-order chi connectivity index (χ0) is 15.6. The Kier molecular flexibility index (Phi) is 7.31. The predicted molar refractivity (Wildman–Crippen MR) is 95.5 cm³/mol. The number of rotatable bonds is 10. The van der Waals surface area contributed by atoms with Crippen LogP contribution in [0.2, 0.25) is 5.02 Å². The number of H-pyrrole nitrogens is 1. The second-order valence-corrected chi connectivity index (χ2v) is 6.14. The number of hydrogen-bond acceptors (Lipinski definition) is 2. The van der Waals surface area contributed by atoms with E-state index in [2.05, 4.69) is 22.2 Å². The number of unbranched alkanes of at least 4 members (excludes halogenated alkanes) is 6. The van der Waals surface area contributed by atoms with Crippen LogP contribution in [0.3, 0.4) is 0 Å². The molecule has 2 aromatic rings. The molecule has 0 aliphatic heterocycles. The third-order valence-corrected chi connectivity index (χ3v) is 4.06. The minimum Gasteiger partial charge on any atom is -0.356 e. The number of nitrogens with zero attached hydrogens (tertiary/aromatic N) is 1. The highest BCUT2D eigenvalue weighted by Gasteiger charge is 2.02. The second kappa shape index (κ2) is 9.52. The van der Waals surface area contributed by atoms with Crippen LogP contribution in [-0.2, 0) is 0 Å². The first-order chi connectivity index (χ1) is 10.8. The molecule has 120 valence electrons. The van der Waals surface area contributed by atoms with Gasteiger partial charge in [-0.1, -0.05) is 69.2 Å². The van der Waals surface area contributed by atoms with Crippen molar-refractivity contribution >= 4 is 17.5 Å². The van der Waals surface area contributed by atoms with Crippen LogP contribution < -0.4 is 5.32 Å². The number of nitrogens with one attached hydrogen (secondary N) is 2. The van der Waals surface area contributed by atoms with E-state index in [1.807, 2.05) is 30.5 Å². The van der Waals surface area contributed by atoms with Crippen molar-refractivity contribution in [3.63, 3.8) is 0 Å². The van der Waals surface area contributed by atoms with Crippen molar-refractivity contribution in [1.29, 1.82) is 0 Å². The number of anilines is 1. The third-order valence-electron chi connectivity index (χ3n) is 3.80. The van der Waals surface area contributed by atoms with Crippen molar-refractivity contribution < 1.29 is 0 Å². The summed E-state index contributed by atoms with van der Waals surface area (Å²) in [6.07, 6.45) is 11.1. The first-order valence-corrected chi connectivity index (χ1v) is 8.72. The zero-order valence-corrected chi connectivity index (χ0v) is 14.1. The maximum Gasteiger partial charge on any atom is 0.200 e. The molecule has 22 heavy (non-hydrogen) atoms. The summed E-state index contributed by atoms with van der Waals surface area (Å²) in [5.74, 6) is 0.843. The van der Waals surface area contributed by atoms with Gasteiger partial charge in [0, 0.05) is 11.6 Å². The molecule has 2 rings (SSSR count). The fourth-order valence-corrected chi connectivity index (χ4v) is 2.60. The van der Waals surface area contributed by atoms with E-state index in [0.29, 0.717) is 0 Å². The van der Waals surface area contributed by atoms with Gasteiger partial charge in [0.25, 0.3) is 0 Å². The standard InChI is InChI=1S/C18H26ClN3/c1-2-3-4-5-6-7-8-13-20-18-21-14-17(22-18)15-9-11-16(19)12-10-15/h9-12,14H,2-8,13H2,1H3,(H2,20,21,22). The lowest BCUT2D eigenvalue weighted by molar-refractivity contribution is 0.596. The van der Waals surface area contributed by atoms with Crippen LogP contribution in [0.1, 0.15) is 51.9 Å². The lowest BCUT2D eigenvalue weighted by atomic mass is 10.1. The summed E-state index contributed by atoms with van der Waals surface area (Å²) in [5.41, 5.74) is 2.11. The molecule has 0 radical (unpaired) electrons. The maximum absolute atomic E-state index is 5.90. The number of halogens is 1. The molecule has 1 aromatic carbocycles. The second-order valence-electron chi connectivity index (χ2n) is 5.70. The van der Waals surface area contributed by atoms with Crippen LogP contribution in [0.15, 0.2) is 30.5 Å². The van der Waals surface area contributed by atoms with Crippen molar-refractivity contribution in [2.24, 2.45) is 0 Å². The molecular weight excluding hydrogens is 294 g/mol. The lowest BCUT2D eigenvalue weighted by Gasteiger charge is -2.03. The largest absolute Gasteiger partial charge is 0.356 e. The quantitative estimate of drug-likeness (QED) is 0.536. The molecule has 0 bridgehead atoms. The number of hydrogen-bond donors (Lipinski definition) is 2. The number of benzene rings is 1. The number of aromatic amines is 1. The van der Waals surface area contributed by atoms with Crippen LogP contribution in [0.25, 0.3) is 11.3 Å². The molecule has 1 heterocycles. The van der Waals surface area contributed by atoms with E-state index in [1.54, 1.807) is 0 Å². The van der Waals surface area contributed by atoms with Crippen molar-refractivity contribution in [1.82, 2.24) is 9.97 Å². The topological polar surface area (TPSA) is 40.7 Å². The highest BCUT2D eigenvalue weighted by atomic mass is 35.5. The highest BCUT2D eigenvalue weighted by molar-refractivity contribution is 6.30. The summed E-state index contributed by atoms with van der Waals surface area (Å²) in [4.78, 5) is 7.68. The fraction of sp³-hybridized carbons (Fsp3) is 0.500. The fourth-order valence-electron chi connectivity index (χ4n) is 2.48. The molecule has 2 N–H and O–H groups in total. The van der Waals surface area contributed by atoms with Crippen molar-refractivity contribution in [2.45, 2.75) is 51.9 Å². The summed E-state index contributed by atoms with van der Waals surface area (Å²) >= 11 is 5.90. The summed E-state index contributed by atoms with van der Waals surface area (Å²) in [6.45, 7) is 3.23. The van der Waals surface area contributed by atoms with Crippen LogP contribution >= 0.6 is 11.6 Å². The van der Waals surface area contributed by atoms with Crippen LogP contribution in [0, 0.1) is 0 Å². The van der Waals surface area contributed by atoms with E-state index in [0.717, 1.165) is 28.8 Å². The Balaban J connectivity index is 1.66. The molecule has 0 saturated carbocycles. The van der Waals surface area contributed by atoms with Crippen molar-refractivity contribution in [3.8, 4) is 11.3 Å². The van der Waals surface area contributed by atoms with Gasteiger partial charge in [-0.05, 0) is 24.1 Å². The van der Waals surface area contributed by atoms with Crippen LogP contribution in [0.4, 0.5) is 5.95 Å². The molecule has 0 fully saturated rings. The van der Waals surface area contributed by atoms with E-state index in [9.17, 15) is 0 Å². The van der Waals surface area contributed by atoms with E-state index >= 15 is 0 Å². The molecular formula is C18H26ClN3.